The molecule has 35 heavy (non-hydrogen) atoms. The number of nitrogens with one attached hydrogen (secondary N) is 1. The van der Waals surface area contributed by atoms with E-state index in [-0.39, 0.29) is 17.8 Å². The van der Waals surface area contributed by atoms with Crippen LogP contribution in [0.3, 0.4) is 0 Å². The summed E-state index contributed by atoms with van der Waals surface area (Å²) in [4.78, 5) is 16.9. The van der Waals surface area contributed by atoms with E-state index in [2.05, 4.69) is 69.8 Å². The molecule has 0 atom stereocenters. The molecule has 0 saturated heterocycles. The monoisotopic (exact) mass is 500 g/mol. The smallest absolute Gasteiger partial charge is 0.370 e. The predicted molar refractivity (Wildman–Crippen MR) is 135 cm³/mol. The molecule has 3 aromatic rings. The molecule has 0 radical (unpaired) electrons. The summed E-state index contributed by atoms with van der Waals surface area (Å²) in [5.41, 5.74) is 4.36. The Morgan fingerprint density at radius 1 is 1.14 bits per heavy atom. The van der Waals surface area contributed by atoms with E-state index in [4.69, 9.17) is 0 Å². The van der Waals surface area contributed by atoms with Crippen molar-refractivity contribution >= 4 is 35.6 Å². The largest absolute Gasteiger partial charge is 0.419 e. The first kappa shape index (κ1) is 23.7. The van der Waals surface area contributed by atoms with Gasteiger partial charge in [-0.1, -0.05) is 19.9 Å². The van der Waals surface area contributed by atoms with Crippen LogP contribution >= 0.6 is 12.6 Å². The highest BCUT2D eigenvalue weighted by Gasteiger charge is 2.37. The minimum Gasteiger partial charge on any atom is -0.370 e. The second-order valence-electron chi connectivity index (χ2n) is 9.58. The lowest BCUT2D eigenvalue weighted by molar-refractivity contribution is -0.137. The van der Waals surface area contributed by atoms with Gasteiger partial charge >= 0.3 is 6.18 Å². The van der Waals surface area contributed by atoms with E-state index in [0.717, 1.165) is 36.2 Å². The van der Waals surface area contributed by atoms with Crippen molar-refractivity contribution in [3.05, 3.63) is 65.2 Å². The number of benzene rings is 1. The van der Waals surface area contributed by atoms with Gasteiger partial charge in [0.25, 0.3) is 0 Å². The normalized spacial score (nSPS) is 16.7. The number of aromatic nitrogens is 3. The fraction of sp³-hybridized carbons (Fsp3) is 0.400. The number of hydrogen-bond donors (Lipinski definition) is 2. The van der Waals surface area contributed by atoms with E-state index in [1.165, 1.54) is 29.8 Å². The second-order valence-corrected chi connectivity index (χ2v) is 10.0. The zero-order valence-electron chi connectivity index (χ0n) is 19.6. The van der Waals surface area contributed by atoms with Gasteiger partial charge in [0.1, 0.15) is 18.0 Å². The summed E-state index contributed by atoms with van der Waals surface area (Å²) in [6.07, 6.45) is -1.11. The van der Waals surface area contributed by atoms with E-state index in [1.807, 2.05) is 0 Å². The number of pyridine rings is 1. The SMILES string of the molecule is CC1(C)CN(CCS)c2cc(Nc3ncnc4c3CCN(c3ncccc3C(F)(F)F)C4)ccc21. The first-order valence-electron chi connectivity index (χ1n) is 11.5. The molecular weight excluding hydrogens is 473 g/mol. The van der Waals surface area contributed by atoms with Crippen molar-refractivity contribution in [3.8, 4) is 0 Å². The summed E-state index contributed by atoms with van der Waals surface area (Å²) in [7, 11) is 0. The number of rotatable bonds is 5. The summed E-state index contributed by atoms with van der Waals surface area (Å²) in [6.45, 7) is 6.93. The molecule has 6 nitrogen and oxygen atoms in total. The van der Waals surface area contributed by atoms with Crippen LogP contribution in [0.1, 0.15) is 36.2 Å². The summed E-state index contributed by atoms with van der Waals surface area (Å²) >= 11 is 4.42. The Bertz CT molecular complexity index is 1250. The molecular formula is C25H27F3N6S. The third kappa shape index (κ3) is 4.51. The molecule has 10 heteroatoms. The van der Waals surface area contributed by atoms with Crippen molar-refractivity contribution in [2.24, 2.45) is 0 Å². The molecule has 1 N–H and O–H groups in total. The lowest BCUT2D eigenvalue weighted by Gasteiger charge is -2.31. The van der Waals surface area contributed by atoms with Gasteiger partial charge in [-0.2, -0.15) is 25.8 Å². The minimum absolute atomic E-state index is 0.0646. The standard InChI is InChI=1S/C25H27F3N6S/c1-24(2)14-34(10-11-35)21-12-16(5-6-18(21)24)32-22-17-7-9-33(13-20(17)30-15-31-22)23-19(25(26,27)28)4-3-8-29-23/h3-6,8,12,15,35H,7,9-11,13-14H2,1-2H3,(H,30,31,32). The Balaban J connectivity index is 1.41. The topological polar surface area (TPSA) is 57.2 Å². The fourth-order valence-corrected chi connectivity index (χ4v) is 5.30. The van der Waals surface area contributed by atoms with E-state index in [1.54, 1.807) is 4.90 Å². The van der Waals surface area contributed by atoms with Gasteiger partial charge in [-0.05, 0) is 36.2 Å². The number of thiol groups is 1. The molecule has 184 valence electrons. The van der Waals surface area contributed by atoms with Crippen LogP contribution < -0.4 is 15.1 Å². The van der Waals surface area contributed by atoms with E-state index >= 15 is 0 Å². The molecule has 0 saturated carbocycles. The van der Waals surface area contributed by atoms with E-state index < -0.39 is 11.7 Å². The second kappa shape index (κ2) is 8.89. The fourth-order valence-electron chi connectivity index (χ4n) is 5.06. The average molecular weight is 501 g/mol. The summed E-state index contributed by atoms with van der Waals surface area (Å²) < 4.78 is 40.5. The van der Waals surface area contributed by atoms with Gasteiger partial charge in [-0.15, -0.1) is 0 Å². The first-order valence-corrected chi connectivity index (χ1v) is 12.2. The van der Waals surface area contributed by atoms with Crippen LogP contribution in [-0.2, 0) is 24.6 Å². The van der Waals surface area contributed by atoms with E-state index in [9.17, 15) is 13.2 Å². The highest BCUT2D eigenvalue weighted by atomic mass is 32.1. The molecule has 0 aliphatic carbocycles. The number of hydrogen-bond acceptors (Lipinski definition) is 7. The molecule has 0 bridgehead atoms. The molecule has 2 aromatic heterocycles. The van der Waals surface area contributed by atoms with Crippen LogP contribution in [0.25, 0.3) is 0 Å². The van der Waals surface area contributed by atoms with Crippen LogP contribution in [-0.4, -0.2) is 40.3 Å². The third-order valence-electron chi connectivity index (χ3n) is 6.68. The Morgan fingerprint density at radius 3 is 2.74 bits per heavy atom. The van der Waals surface area contributed by atoms with Crippen molar-refractivity contribution in [3.63, 3.8) is 0 Å². The maximum Gasteiger partial charge on any atom is 0.419 e. The quantitative estimate of drug-likeness (QED) is 0.469. The van der Waals surface area contributed by atoms with Gasteiger partial charge < -0.3 is 15.1 Å². The van der Waals surface area contributed by atoms with Crippen LogP contribution in [0.2, 0.25) is 0 Å². The minimum atomic E-state index is -4.47. The number of halogens is 3. The number of anilines is 4. The Hall–Kier alpha value is -3.01. The molecule has 4 heterocycles. The molecule has 2 aliphatic heterocycles. The molecule has 0 unspecified atom stereocenters. The van der Waals surface area contributed by atoms with Crippen molar-refractivity contribution in [2.75, 3.05) is 40.5 Å². The van der Waals surface area contributed by atoms with Crippen molar-refractivity contribution in [1.29, 1.82) is 0 Å². The Kier molecular flexibility index (Phi) is 6.03. The van der Waals surface area contributed by atoms with Gasteiger partial charge in [-0.3, -0.25) is 0 Å². The molecule has 1 aromatic carbocycles. The number of fused-ring (bicyclic) bond motifs is 2. The van der Waals surface area contributed by atoms with Crippen LogP contribution in [0.15, 0.2) is 42.9 Å². The van der Waals surface area contributed by atoms with Crippen LogP contribution in [0.5, 0.6) is 0 Å². The highest BCUT2D eigenvalue weighted by Crippen LogP contribution is 2.42. The summed E-state index contributed by atoms with van der Waals surface area (Å²) in [6, 6.07) is 8.73. The Labute approximate surface area is 208 Å². The number of nitrogens with zero attached hydrogens (tertiary/aromatic N) is 5. The maximum absolute atomic E-state index is 13.5. The third-order valence-corrected chi connectivity index (χ3v) is 6.88. The molecule has 0 amide bonds. The van der Waals surface area contributed by atoms with Gasteiger partial charge in [0.15, 0.2) is 0 Å². The lowest BCUT2D eigenvalue weighted by atomic mass is 9.87. The zero-order chi connectivity index (χ0) is 24.8. The van der Waals surface area contributed by atoms with Crippen LogP contribution in [0.4, 0.5) is 36.2 Å². The average Bonchev–Trinajstić information content (AvgIpc) is 3.08. The van der Waals surface area contributed by atoms with E-state index in [0.29, 0.717) is 24.5 Å². The summed E-state index contributed by atoms with van der Waals surface area (Å²) in [5, 5.41) is 3.43. The Morgan fingerprint density at radius 2 is 1.97 bits per heavy atom. The van der Waals surface area contributed by atoms with Crippen molar-refractivity contribution in [2.45, 2.75) is 38.4 Å². The molecule has 2 aliphatic rings. The van der Waals surface area contributed by atoms with Crippen molar-refractivity contribution in [1.82, 2.24) is 15.0 Å². The summed E-state index contributed by atoms with van der Waals surface area (Å²) in [5.74, 6) is 1.39. The maximum atomic E-state index is 13.5. The van der Waals surface area contributed by atoms with Crippen molar-refractivity contribution < 1.29 is 13.2 Å². The van der Waals surface area contributed by atoms with Gasteiger partial charge in [0.2, 0.25) is 0 Å². The lowest BCUT2D eigenvalue weighted by Crippen LogP contribution is -2.34. The molecule has 0 fully saturated rings. The molecule has 5 rings (SSSR count). The predicted octanol–water partition coefficient (Wildman–Crippen LogP) is 5.22. The van der Waals surface area contributed by atoms with Crippen LogP contribution in [0, 0.1) is 0 Å². The first-order chi connectivity index (χ1) is 16.7. The number of alkyl halides is 3. The van der Waals surface area contributed by atoms with Gasteiger partial charge in [0, 0.05) is 53.9 Å². The van der Waals surface area contributed by atoms with Gasteiger partial charge in [-0.25, -0.2) is 15.0 Å². The molecule has 0 spiro atoms. The highest BCUT2D eigenvalue weighted by molar-refractivity contribution is 7.80. The van der Waals surface area contributed by atoms with Gasteiger partial charge in [0.05, 0.1) is 17.8 Å². The zero-order valence-corrected chi connectivity index (χ0v) is 20.5.